The number of carbonyl (C=O) groups excluding carboxylic acids is 2. The maximum Gasteiger partial charge on any atom is 0.416 e. The molecule has 0 fully saturated rings. The van der Waals surface area contributed by atoms with Crippen molar-refractivity contribution in [3.63, 3.8) is 0 Å². The number of hydrogen-bond donors (Lipinski definition) is 1. The highest BCUT2D eigenvalue weighted by Crippen LogP contribution is 2.33. The van der Waals surface area contributed by atoms with Crippen LogP contribution in [-0.4, -0.2) is 18.5 Å². The van der Waals surface area contributed by atoms with E-state index in [0.717, 1.165) is 12.1 Å². The molecule has 0 saturated heterocycles. The van der Waals surface area contributed by atoms with Crippen LogP contribution in [0.15, 0.2) is 57.7 Å². The van der Waals surface area contributed by atoms with Crippen LogP contribution in [0.4, 0.5) is 18.9 Å². The van der Waals surface area contributed by atoms with E-state index < -0.39 is 41.4 Å². The Labute approximate surface area is 165 Å². The number of rotatable bonds is 4. The molecule has 2 aromatic carbocycles. The molecule has 3 rings (SSSR count). The first-order valence-electron chi connectivity index (χ1n) is 8.02. The summed E-state index contributed by atoms with van der Waals surface area (Å²) in [4.78, 5) is 35.9. The Balaban J connectivity index is 1.69. The van der Waals surface area contributed by atoms with Crippen LogP contribution in [0, 0.1) is 0 Å². The molecular weight excluding hydrogens is 415 g/mol. The molecule has 1 amide bonds. The number of halogens is 4. The summed E-state index contributed by atoms with van der Waals surface area (Å²) in [6.45, 7) is -0.850. The summed E-state index contributed by atoms with van der Waals surface area (Å²) < 4.78 is 48.0. The van der Waals surface area contributed by atoms with Crippen molar-refractivity contribution in [2.24, 2.45) is 0 Å². The summed E-state index contributed by atoms with van der Waals surface area (Å²) in [5, 5.41) is 2.46. The lowest BCUT2D eigenvalue weighted by Crippen LogP contribution is -2.24. The topological polar surface area (TPSA) is 85.6 Å². The number of amides is 1. The van der Waals surface area contributed by atoms with Crippen LogP contribution in [0.1, 0.15) is 15.9 Å². The second kappa shape index (κ2) is 7.96. The van der Waals surface area contributed by atoms with E-state index in [1.54, 1.807) is 18.2 Å². The summed E-state index contributed by atoms with van der Waals surface area (Å²) in [5.74, 6) is -2.06. The van der Waals surface area contributed by atoms with Crippen LogP contribution in [0.25, 0.3) is 11.0 Å². The van der Waals surface area contributed by atoms with E-state index in [-0.39, 0.29) is 16.3 Å². The van der Waals surface area contributed by atoms with Crippen molar-refractivity contribution in [3.05, 3.63) is 75.1 Å². The molecule has 0 bridgehead atoms. The van der Waals surface area contributed by atoms with Crippen molar-refractivity contribution in [1.82, 2.24) is 0 Å². The minimum Gasteiger partial charge on any atom is -0.452 e. The molecule has 0 atom stereocenters. The summed E-state index contributed by atoms with van der Waals surface area (Å²) in [5.41, 5.74) is -2.41. The fraction of sp³-hybridized carbons (Fsp3) is 0.105. The predicted molar refractivity (Wildman–Crippen MR) is 97.9 cm³/mol. The van der Waals surface area contributed by atoms with Gasteiger partial charge in [0.2, 0.25) is 0 Å². The molecule has 1 heterocycles. The number of anilines is 1. The van der Waals surface area contributed by atoms with Crippen molar-refractivity contribution >= 4 is 40.1 Å². The number of hydrogen-bond acceptors (Lipinski definition) is 5. The van der Waals surface area contributed by atoms with Gasteiger partial charge in [-0.15, -0.1) is 0 Å². The number of alkyl halides is 3. The van der Waals surface area contributed by atoms with E-state index in [0.29, 0.717) is 11.5 Å². The van der Waals surface area contributed by atoms with Crippen molar-refractivity contribution in [3.8, 4) is 0 Å². The molecule has 10 heteroatoms. The van der Waals surface area contributed by atoms with Gasteiger partial charge in [-0.2, -0.15) is 13.2 Å². The molecular formula is C19H11ClF3NO5. The van der Waals surface area contributed by atoms with Gasteiger partial charge in [0.1, 0.15) is 11.1 Å². The molecule has 0 spiro atoms. The fourth-order valence-electron chi connectivity index (χ4n) is 2.40. The third-order valence-corrected chi connectivity index (χ3v) is 4.09. The van der Waals surface area contributed by atoms with Crippen LogP contribution >= 0.6 is 11.6 Å². The molecule has 0 aliphatic heterocycles. The van der Waals surface area contributed by atoms with E-state index in [4.69, 9.17) is 20.8 Å². The molecule has 6 nitrogen and oxygen atoms in total. The quantitative estimate of drug-likeness (QED) is 0.498. The van der Waals surface area contributed by atoms with Gasteiger partial charge >= 0.3 is 17.8 Å². The second-order valence-electron chi connectivity index (χ2n) is 5.80. The Morgan fingerprint density at radius 1 is 1.10 bits per heavy atom. The Kier molecular flexibility index (Phi) is 5.60. The van der Waals surface area contributed by atoms with Crippen LogP contribution in [0.5, 0.6) is 0 Å². The van der Waals surface area contributed by atoms with Crippen LogP contribution in [0.3, 0.4) is 0 Å². The molecule has 0 aliphatic rings. The highest BCUT2D eigenvalue weighted by atomic mass is 35.5. The summed E-state index contributed by atoms with van der Waals surface area (Å²) in [7, 11) is 0. The minimum atomic E-state index is -4.62. The van der Waals surface area contributed by atoms with Crippen LogP contribution in [-0.2, 0) is 15.7 Å². The van der Waals surface area contributed by atoms with Gasteiger partial charge in [0.05, 0.1) is 16.3 Å². The van der Waals surface area contributed by atoms with E-state index in [9.17, 15) is 27.6 Å². The highest BCUT2D eigenvalue weighted by molar-refractivity contribution is 6.33. The first-order chi connectivity index (χ1) is 13.6. The molecule has 150 valence electrons. The lowest BCUT2D eigenvalue weighted by Gasteiger charge is -2.11. The summed E-state index contributed by atoms with van der Waals surface area (Å²) in [6.07, 6.45) is -4.62. The standard InChI is InChI=1S/C19H11ClF3NO5/c20-13-6-5-11(19(21,22)23)8-14(13)24-16(25)9-28-17(26)12-7-10-3-1-2-4-15(10)29-18(12)27/h1-8H,9H2,(H,24,25). The van der Waals surface area contributed by atoms with Crippen molar-refractivity contribution < 1.29 is 31.9 Å². The molecule has 3 aromatic rings. The zero-order valence-electron chi connectivity index (χ0n) is 14.4. The number of fused-ring (bicyclic) bond motifs is 1. The third kappa shape index (κ3) is 4.75. The number of carbonyl (C=O) groups is 2. The number of para-hydroxylation sites is 1. The van der Waals surface area contributed by atoms with Gasteiger partial charge < -0.3 is 14.5 Å². The van der Waals surface area contributed by atoms with Gasteiger partial charge in [-0.1, -0.05) is 29.8 Å². The second-order valence-corrected chi connectivity index (χ2v) is 6.21. The van der Waals surface area contributed by atoms with Gasteiger partial charge in [-0.25, -0.2) is 9.59 Å². The molecule has 0 radical (unpaired) electrons. The molecule has 29 heavy (non-hydrogen) atoms. The van der Waals surface area contributed by atoms with Gasteiger partial charge in [-0.05, 0) is 30.3 Å². The Bertz CT molecular complexity index is 1160. The smallest absolute Gasteiger partial charge is 0.416 e. The van der Waals surface area contributed by atoms with E-state index in [1.807, 2.05) is 0 Å². The van der Waals surface area contributed by atoms with Gasteiger partial charge in [0, 0.05) is 5.39 Å². The lowest BCUT2D eigenvalue weighted by atomic mass is 10.2. The largest absolute Gasteiger partial charge is 0.452 e. The zero-order chi connectivity index (χ0) is 21.2. The Morgan fingerprint density at radius 2 is 1.83 bits per heavy atom. The van der Waals surface area contributed by atoms with Gasteiger partial charge in [0.25, 0.3) is 5.91 Å². The molecule has 1 aromatic heterocycles. The van der Waals surface area contributed by atoms with Crippen LogP contribution < -0.4 is 10.9 Å². The maximum absolute atomic E-state index is 12.8. The monoisotopic (exact) mass is 425 g/mol. The SMILES string of the molecule is O=C(COC(=O)c1cc2ccccc2oc1=O)Nc1cc(C(F)(F)F)ccc1Cl. The maximum atomic E-state index is 12.8. The minimum absolute atomic E-state index is 0.132. The zero-order valence-corrected chi connectivity index (χ0v) is 15.1. The average Bonchev–Trinajstić information content (AvgIpc) is 2.66. The lowest BCUT2D eigenvalue weighted by molar-refractivity contribution is -0.137. The fourth-order valence-corrected chi connectivity index (χ4v) is 2.56. The van der Waals surface area contributed by atoms with E-state index in [1.165, 1.54) is 12.1 Å². The number of nitrogens with one attached hydrogen (secondary N) is 1. The van der Waals surface area contributed by atoms with Crippen molar-refractivity contribution in [2.75, 3.05) is 11.9 Å². The summed E-state index contributed by atoms with van der Waals surface area (Å²) in [6, 6.07) is 10.1. The van der Waals surface area contributed by atoms with Crippen LogP contribution in [0.2, 0.25) is 5.02 Å². The Morgan fingerprint density at radius 3 is 2.55 bits per heavy atom. The van der Waals surface area contributed by atoms with Crippen molar-refractivity contribution in [1.29, 1.82) is 0 Å². The first kappa shape index (κ1) is 20.4. The molecule has 0 aliphatic carbocycles. The van der Waals surface area contributed by atoms with E-state index >= 15 is 0 Å². The molecule has 0 unspecified atom stereocenters. The first-order valence-corrected chi connectivity index (χ1v) is 8.39. The normalized spacial score (nSPS) is 11.3. The van der Waals surface area contributed by atoms with Gasteiger partial charge in [0.15, 0.2) is 6.61 Å². The van der Waals surface area contributed by atoms with Crippen molar-refractivity contribution in [2.45, 2.75) is 6.18 Å². The number of benzene rings is 2. The molecule has 1 N–H and O–H groups in total. The van der Waals surface area contributed by atoms with Gasteiger partial charge in [-0.3, -0.25) is 4.79 Å². The predicted octanol–water partition coefficient (Wildman–Crippen LogP) is 4.26. The average molecular weight is 426 g/mol. The number of esters is 1. The highest BCUT2D eigenvalue weighted by Gasteiger charge is 2.31. The molecule has 0 saturated carbocycles. The summed E-state index contributed by atoms with van der Waals surface area (Å²) >= 11 is 5.78. The number of ether oxygens (including phenoxy) is 1. The third-order valence-electron chi connectivity index (χ3n) is 3.76. The van der Waals surface area contributed by atoms with E-state index in [2.05, 4.69) is 5.32 Å². The Hall–Kier alpha value is -3.33.